The minimum atomic E-state index is -0.329. The van der Waals surface area contributed by atoms with Gasteiger partial charge in [-0.15, -0.1) is 16.8 Å². The van der Waals surface area contributed by atoms with Gasteiger partial charge in [0.1, 0.15) is 11.6 Å². The minimum absolute atomic E-state index is 0.149. The number of nitrogens with zero attached hydrogens (tertiary/aromatic N) is 3. The lowest BCUT2D eigenvalue weighted by atomic mass is 10.1. The van der Waals surface area contributed by atoms with Gasteiger partial charge in [0.15, 0.2) is 11.0 Å². The van der Waals surface area contributed by atoms with E-state index in [2.05, 4.69) is 22.1 Å². The maximum absolute atomic E-state index is 13.6. The summed E-state index contributed by atoms with van der Waals surface area (Å²) in [6.07, 6.45) is 2.12. The van der Waals surface area contributed by atoms with Crippen LogP contribution in [0.4, 0.5) is 8.78 Å². The maximum Gasteiger partial charge on any atom is 0.230 e. The molecule has 1 N–H and O–H groups in total. The Kier molecular flexibility index (Phi) is 7.13. The van der Waals surface area contributed by atoms with Crippen molar-refractivity contribution in [1.29, 1.82) is 0 Å². The Balaban J connectivity index is 1.58. The Morgan fingerprint density at radius 3 is 2.62 bits per heavy atom. The molecule has 0 saturated carbocycles. The summed E-state index contributed by atoms with van der Waals surface area (Å²) in [6.45, 7) is 4.54. The highest BCUT2D eigenvalue weighted by Gasteiger charge is 2.15. The number of halogens is 2. The van der Waals surface area contributed by atoms with Gasteiger partial charge >= 0.3 is 0 Å². The molecule has 0 bridgehead atoms. The molecule has 29 heavy (non-hydrogen) atoms. The van der Waals surface area contributed by atoms with Crippen LogP contribution in [0.5, 0.6) is 0 Å². The van der Waals surface area contributed by atoms with E-state index in [4.69, 9.17) is 0 Å². The average Bonchev–Trinajstić information content (AvgIpc) is 3.11. The molecule has 0 aliphatic carbocycles. The Morgan fingerprint density at radius 2 is 1.90 bits per heavy atom. The van der Waals surface area contributed by atoms with Crippen molar-refractivity contribution in [2.75, 3.05) is 12.3 Å². The average molecular weight is 414 g/mol. The first kappa shape index (κ1) is 20.7. The SMILES string of the molecule is C=CCn1c(SCC(=O)NCCc2ccccc2F)nnc1-c1ccc(F)cc1. The minimum Gasteiger partial charge on any atom is -0.355 e. The Labute approximate surface area is 171 Å². The van der Waals surface area contributed by atoms with Gasteiger partial charge in [-0.25, -0.2) is 8.78 Å². The van der Waals surface area contributed by atoms with Crippen LogP contribution in [-0.4, -0.2) is 33.0 Å². The molecule has 150 valence electrons. The lowest BCUT2D eigenvalue weighted by Gasteiger charge is -2.08. The van der Waals surface area contributed by atoms with E-state index in [1.807, 2.05) is 4.57 Å². The van der Waals surface area contributed by atoms with Crippen molar-refractivity contribution in [3.8, 4) is 11.4 Å². The number of benzene rings is 2. The fraction of sp³-hybridized carbons (Fsp3) is 0.190. The second kappa shape index (κ2) is 9.97. The van der Waals surface area contributed by atoms with Crippen molar-refractivity contribution in [3.05, 3.63) is 78.4 Å². The molecule has 2 aromatic carbocycles. The maximum atomic E-state index is 13.6. The third-order valence-corrected chi connectivity index (χ3v) is 5.10. The normalized spacial score (nSPS) is 10.7. The fourth-order valence-corrected chi connectivity index (χ4v) is 3.50. The number of carbonyl (C=O) groups is 1. The summed E-state index contributed by atoms with van der Waals surface area (Å²) >= 11 is 1.24. The molecule has 0 radical (unpaired) electrons. The molecule has 8 heteroatoms. The standard InChI is InChI=1S/C21H20F2N4OS/c1-2-13-27-20(16-7-9-17(22)10-8-16)25-26-21(27)29-14-19(28)24-12-11-15-5-3-4-6-18(15)23/h2-10H,1,11-14H2,(H,24,28). The van der Waals surface area contributed by atoms with Gasteiger partial charge in [0.05, 0.1) is 5.75 Å². The summed E-state index contributed by atoms with van der Waals surface area (Å²) in [6, 6.07) is 12.5. The lowest BCUT2D eigenvalue weighted by molar-refractivity contribution is -0.118. The molecule has 0 spiro atoms. The first-order valence-electron chi connectivity index (χ1n) is 9.01. The van der Waals surface area contributed by atoms with E-state index in [-0.39, 0.29) is 23.3 Å². The first-order chi connectivity index (χ1) is 14.1. The predicted octanol–water partition coefficient (Wildman–Crippen LogP) is 3.86. The second-order valence-electron chi connectivity index (χ2n) is 6.19. The molecule has 1 heterocycles. The first-order valence-corrected chi connectivity index (χ1v) is 10.00. The molecule has 3 aromatic rings. The summed E-state index contributed by atoms with van der Waals surface area (Å²) in [5, 5.41) is 11.7. The Bertz CT molecular complexity index is 989. The predicted molar refractivity (Wildman–Crippen MR) is 109 cm³/mol. The molecule has 0 atom stereocenters. The van der Waals surface area contributed by atoms with Gasteiger partial charge in [0.2, 0.25) is 5.91 Å². The molecule has 3 rings (SSSR count). The zero-order chi connectivity index (χ0) is 20.6. The zero-order valence-electron chi connectivity index (χ0n) is 15.6. The van der Waals surface area contributed by atoms with Crippen molar-refractivity contribution in [1.82, 2.24) is 20.1 Å². The van der Waals surface area contributed by atoms with Crippen molar-refractivity contribution in [3.63, 3.8) is 0 Å². The largest absolute Gasteiger partial charge is 0.355 e. The second-order valence-corrected chi connectivity index (χ2v) is 7.13. The number of nitrogens with one attached hydrogen (secondary N) is 1. The van der Waals surface area contributed by atoms with Crippen LogP contribution in [0.3, 0.4) is 0 Å². The number of rotatable bonds is 9. The molecule has 0 unspecified atom stereocenters. The molecule has 0 aliphatic heterocycles. The van der Waals surface area contributed by atoms with Gasteiger partial charge in [-0.3, -0.25) is 9.36 Å². The van der Waals surface area contributed by atoms with E-state index in [1.165, 1.54) is 30.0 Å². The molecule has 0 aliphatic rings. The number of aromatic nitrogens is 3. The molecule has 1 aromatic heterocycles. The number of thioether (sulfide) groups is 1. The monoisotopic (exact) mass is 414 g/mol. The highest BCUT2D eigenvalue weighted by molar-refractivity contribution is 7.99. The number of amides is 1. The van der Waals surface area contributed by atoms with Crippen LogP contribution in [0.2, 0.25) is 0 Å². The third kappa shape index (κ3) is 5.51. The third-order valence-electron chi connectivity index (χ3n) is 4.14. The Hall–Kier alpha value is -3.00. The van der Waals surface area contributed by atoms with Crippen molar-refractivity contribution < 1.29 is 13.6 Å². The van der Waals surface area contributed by atoms with Gasteiger partial charge in [0, 0.05) is 18.7 Å². The zero-order valence-corrected chi connectivity index (χ0v) is 16.5. The number of hydrogen-bond donors (Lipinski definition) is 1. The molecule has 0 fully saturated rings. The van der Waals surface area contributed by atoms with Gasteiger partial charge < -0.3 is 5.32 Å². The van der Waals surface area contributed by atoms with Crippen LogP contribution in [0, 0.1) is 11.6 Å². The van der Waals surface area contributed by atoms with Gasteiger partial charge in [-0.2, -0.15) is 0 Å². The fourth-order valence-electron chi connectivity index (χ4n) is 2.72. The van der Waals surface area contributed by atoms with E-state index < -0.39 is 0 Å². The Morgan fingerprint density at radius 1 is 1.14 bits per heavy atom. The van der Waals surface area contributed by atoms with E-state index in [1.54, 1.807) is 36.4 Å². The smallest absolute Gasteiger partial charge is 0.230 e. The van der Waals surface area contributed by atoms with Crippen molar-refractivity contribution >= 4 is 17.7 Å². The lowest BCUT2D eigenvalue weighted by Crippen LogP contribution is -2.27. The molecule has 0 saturated heterocycles. The van der Waals surface area contributed by atoms with Crippen LogP contribution in [0.25, 0.3) is 11.4 Å². The molecular formula is C21H20F2N4OS. The van der Waals surface area contributed by atoms with Crippen LogP contribution in [-0.2, 0) is 17.8 Å². The summed E-state index contributed by atoms with van der Waals surface area (Å²) in [5.74, 6) is -0.0574. The molecular weight excluding hydrogens is 394 g/mol. The number of hydrogen-bond acceptors (Lipinski definition) is 4. The highest BCUT2D eigenvalue weighted by atomic mass is 32.2. The molecule has 5 nitrogen and oxygen atoms in total. The van der Waals surface area contributed by atoms with E-state index in [9.17, 15) is 13.6 Å². The van der Waals surface area contributed by atoms with Crippen molar-refractivity contribution in [2.24, 2.45) is 0 Å². The summed E-state index contributed by atoms with van der Waals surface area (Å²) in [7, 11) is 0. The summed E-state index contributed by atoms with van der Waals surface area (Å²) in [5.41, 5.74) is 1.29. The van der Waals surface area contributed by atoms with E-state index in [0.29, 0.717) is 36.1 Å². The van der Waals surface area contributed by atoms with Gasteiger partial charge in [-0.05, 0) is 42.3 Å². The van der Waals surface area contributed by atoms with E-state index in [0.717, 1.165) is 5.56 Å². The molecule has 1 amide bonds. The van der Waals surface area contributed by atoms with Crippen LogP contribution >= 0.6 is 11.8 Å². The van der Waals surface area contributed by atoms with Crippen LogP contribution in [0.1, 0.15) is 5.56 Å². The highest BCUT2D eigenvalue weighted by Crippen LogP contribution is 2.24. The van der Waals surface area contributed by atoms with Crippen LogP contribution < -0.4 is 5.32 Å². The van der Waals surface area contributed by atoms with Gasteiger partial charge in [0.25, 0.3) is 0 Å². The summed E-state index contributed by atoms with van der Waals surface area (Å²) in [4.78, 5) is 12.1. The topological polar surface area (TPSA) is 59.8 Å². The number of carbonyl (C=O) groups excluding carboxylic acids is 1. The van der Waals surface area contributed by atoms with Crippen LogP contribution in [0.15, 0.2) is 66.3 Å². The number of allylic oxidation sites excluding steroid dienone is 1. The quantitative estimate of drug-likeness (QED) is 0.427. The summed E-state index contributed by atoms with van der Waals surface area (Å²) < 4.78 is 28.6. The van der Waals surface area contributed by atoms with Gasteiger partial charge in [-0.1, -0.05) is 36.0 Å². The van der Waals surface area contributed by atoms with Crippen molar-refractivity contribution in [2.45, 2.75) is 18.1 Å². The van der Waals surface area contributed by atoms with E-state index >= 15 is 0 Å².